The Labute approximate surface area is 101 Å². The molecule has 0 bridgehead atoms. The number of aliphatic hydroxyl groups is 1. The van der Waals surface area contributed by atoms with E-state index in [0.29, 0.717) is 17.5 Å². The van der Waals surface area contributed by atoms with Crippen molar-refractivity contribution in [1.29, 1.82) is 0 Å². The lowest BCUT2D eigenvalue weighted by Crippen LogP contribution is -2.51. The molecule has 2 nitrogen and oxygen atoms in total. The summed E-state index contributed by atoms with van der Waals surface area (Å²) in [4.78, 5) is 2.52. The molecule has 0 aromatic heterocycles. The first kappa shape index (κ1) is 14.0. The highest BCUT2D eigenvalue weighted by Crippen LogP contribution is 2.39. The Bertz CT molecular complexity index is 211. The molecule has 0 amide bonds. The van der Waals surface area contributed by atoms with Gasteiger partial charge >= 0.3 is 0 Å². The Morgan fingerprint density at radius 1 is 1.31 bits per heavy atom. The summed E-state index contributed by atoms with van der Waals surface area (Å²) in [7, 11) is 2.24. The predicted octanol–water partition coefficient (Wildman–Crippen LogP) is 3.05. The molecule has 0 aliphatic heterocycles. The van der Waals surface area contributed by atoms with Crippen LogP contribution in [0.15, 0.2) is 0 Å². The average molecular weight is 227 g/mol. The molecule has 0 radical (unpaired) electrons. The van der Waals surface area contributed by atoms with Crippen molar-refractivity contribution in [2.45, 2.75) is 78.0 Å². The molecule has 0 aromatic rings. The number of hydrogen-bond acceptors (Lipinski definition) is 2. The molecule has 0 saturated heterocycles. The molecular formula is C14H29NO. The lowest BCUT2D eigenvalue weighted by atomic mass is 9.71. The molecule has 1 rings (SSSR count). The van der Waals surface area contributed by atoms with Crippen molar-refractivity contribution < 1.29 is 5.11 Å². The summed E-state index contributed by atoms with van der Waals surface area (Å²) >= 11 is 0. The van der Waals surface area contributed by atoms with Gasteiger partial charge in [-0.25, -0.2) is 0 Å². The van der Waals surface area contributed by atoms with Gasteiger partial charge in [-0.05, 0) is 44.6 Å². The van der Waals surface area contributed by atoms with Gasteiger partial charge in [0, 0.05) is 12.1 Å². The van der Waals surface area contributed by atoms with Crippen molar-refractivity contribution in [1.82, 2.24) is 4.90 Å². The molecule has 2 heteroatoms. The monoisotopic (exact) mass is 227 g/mol. The van der Waals surface area contributed by atoms with Crippen LogP contribution < -0.4 is 0 Å². The molecule has 2 atom stereocenters. The summed E-state index contributed by atoms with van der Waals surface area (Å²) in [6.45, 7) is 9.22. The zero-order valence-corrected chi connectivity index (χ0v) is 11.7. The Kier molecular flexibility index (Phi) is 4.81. The fourth-order valence-corrected chi connectivity index (χ4v) is 3.24. The van der Waals surface area contributed by atoms with Gasteiger partial charge in [0.15, 0.2) is 0 Å². The Hall–Kier alpha value is -0.0800. The first-order chi connectivity index (χ1) is 7.42. The summed E-state index contributed by atoms with van der Waals surface area (Å²) in [5.41, 5.74) is 0.344. The van der Waals surface area contributed by atoms with E-state index in [1.165, 1.54) is 12.8 Å². The highest BCUT2D eigenvalue weighted by Gasteiger charge is 2.39. The highest BCUT2D eigenvalue weighted by molar-refractivity contribution is 4.93. The van der Waals surface area contributed by atoms with E-state index in [2.05, 4.69) is 39.6 Å². The van der Waals surface area contributed by atoms with Crippen LogP contribution in [0.1, 0.15) is 59.8 Å². The molecule has 0 spiro atoms. The van der Waals surface area contributed by atoms with Gasteiger partial charge in [-0.1, -0.05) is 27.7 Å². The van der Waals surface area contributed by atoms with Crippen molar-refractivity contribution in [3.8, 4) is 0 Å². The van der Waals surface area contributed by atoms with Crippen LogP contribution in [0.5, 0.6) is 0 Å². The topological polar surface area (TPSA) is 23.5 Å². The van der Waals surface area contributed by atoms with E-state index in [1.807, 2.05) is 0 Å². The third-order valence-corrected chi connectivity index (χ3v) is 4.53. The average Bonchev–Trinajstić information content (AvgIpc) is 2.23. The normalized spacial score (nSPS) is 30.0. The zero-order chi connectivity index (χ0) is 12.3. The minimum Gasteiger partial charge on any atom is -0.393 e. The number of rotatable bonds is 4. The standard InChI is InChI=1S/C14H29NO/c1-6-11(7-2)15(5)13-10-12(16)8-9-14(13,3)4/h11-13,16H,6-10H2,1-5H3. The third kappa shape index (κ3) is 2.98. The third-order valence-electron chi connectivity index (χ3n) is 4.53. The van der Waals surface area contributed by atoms with Crippen LogP contribution in [0.2, 0.25) is 0 Å². The lowest BCUT2D eigenvalue weighted by Gasteiger charge is -2.48. The highest BCUT2D eigenvalue weighted by atomic mass is 16.3. The smallest absolute Gasteiger partial charge is 0.0555 e. The van der Waals surface area contributed by atoms with E-state index in [-0.39, 0.29) is 6.10 Å². The van der Waals surface area contributed by atoms with Crippen LogP contribution in [-0.2, 0) is 0 Å². The second kappa shape index (κ2) is 5.50. The molecule has 1 N–H and O–H groups in total. The number of hydrogen-bond donors (Lipinski definition) is 1. The van der Waals surface area contributed by atoms with Gasteiger partial charge in [-0.15, -0.1) is 0 Å². The van der Waals surface area contributed by atoms with Crippen molar-refractivity contribution >= 4 is 0 Å². The molecule has 2 unspecified atom stereocenters. The van der Waals surface area contributed by atoms with Crippen molar-refractivity contribution in [2.24, 2.45) is 5.41 Å². The van der Waals surface area contributed by atoms with E-state index < -0.39 is 0 Å². The summed E-state index contributed by atoms with van der Waals surface area (Å²) in [5, 5.41) is 9.86. The maximum absolute atomic E-state index is 9.86. The predicted molar refractivity (Wildman–Crippen MR) is 69.6 cm³/mol. The molecule has 96 valence electrons. The minimum atomic E-state index is -0.0881. The molecule has 1 aliphatic carbocycles. The van der Waals surface area contributed by atoms with E-state index >= 15 is 0 Å². The van der Waals surface area contributed by atoms with Crippen LogP contribution in [0.4, 0.5) is 0 Å². The SMILES string of the molecule is CCC(CC)N(C)C1CC(O)CCC1(C)C. The fourth-order valence-electron chi connectivity index (χ4n) is 3.24. The fraction of sp³-hybridized carbons (Fsp3) is 1.00. The van der Waals surface area contributed by atoms with Crippen LogP contribution in [0.3, 0.4) is 0 Å². The minimum absolute atomic E-state index is 0.0881. The van der Waals surface area contributed by atoms with Crippen molar-refractivity contribution in [3.05, 3.63) is 0 Å². The van der Waals surface area contributed by atoms with Crippen LogP contribution in [-0.4, -0.2) is 35.2 Å². The van der Waals surface area contributed by atoms with E-state index in [1.54, 1.807) is 0 Å². The quantitative estimate of drug-likeness (QED) is 0.798. The van der Waals surface area contributed by atoms with Gasteiger partial charge in [-0.3, -0.25) is 4.90 Å². The van der Waals surface area contributed by atoms with Gasteiger partial charge in [0.25, 0.3) is 0 Å². The second-order valence-electron chi connectivity index (χ2n) is 6.07. The molecular weight excluding hydrogens is 198 g/mol. The largest absolute Gasteiger partial charge is 0.393 e. The zero-order valence-electron chi connectivity index (χ0n) is 11.7. The van der Waals surface area contributed by atoms with Crippen LogP contribution >= 0.6 is 0 Å². The Balaban J connectivity index is 2.74. The van der Waals surface area contributed by atoms with Gasteiger partial charge in [0.1, 0.15) is 0 Å². The molecule has 0 aromatic carbocycles. The van der Waals surface area contributed by atoms with Gasteiger partial charge in [0.2, 0.25) is 0 Å². The second-order valence-corrected chi connectivity index (χ2v) is 6.07. The molecule has 0 heterocycles. The first-order valence-electron chi connectivity index (χ1n) is 6.82. The summed E-state index contributed by atoms with van der Waals surface area (Å²) in [6, 6.07) is 1.19. The number of aliphatic hydroxyl groups excluding tert-OH is 1. The molecule has 16 heavy (non-hydrogen) atoms. The van der Waals surface area contributed by atoms with E-state index in [0.717, 1.165) is 19.3 Å². The van der Waals surface area contributed by atoms with Crippen LogP contribution in [0.25, 0.3) is 0 Å². The van der Waals surface area contributed by atoms with E-state index in [4.69, 9.17) is 0 Å². The summed E-state index contributed by atoms with van der Waals surface area (Å²) in [6.07, 6.45) is 5.38. The molecule has 1 saturated carbocycles. The van der Waals surface area contributed by atoms with Crippen LogP contribution in [0, 0.1) is 5.41 Å². The number of nitrogens with zero attached hydrogens (tertiary/aromatic N) is 1. The Morgan fingerprint density at radius 2 is 1.88 bits per heavy atom. The Morgan fingerprint density at radius 3 is 2.38 bits per heavy atom. The first-order valence-corrected chi connectivity index (χ1v) is 6.82. The molecule has 1 fully saturated rings. The van der Waals surface area contributed by atoms with Crippen molar-refractivity contribution in [2.75, 3.05) is 7.05 Å². The van der Waals surface area contributed by atoms with Gasteiger partial charge < -0.3 is 5.11 Å². The maximum Gasteiger partial charge on any atom is 0.0555 e. The maximum atomic E-state index is 9.86. The van der Waals surface area contributed by atoms with E-state index in [9.17, 15) is 5.11 Å². The van der Waals surface area contributed by atoms with Gasteiger partial charge in [-0.2, -0.15) is 0 Å². The summed E-state index contributed by atoms with van der Waals surface area (Å²) < 4.78 is 0. The van der Waals surface area contributed by atoms with Crippen molar-refractivity contribution in [3.63, 3.8) is 0 Å². The van der Waals surface area contributed by atoms with Gasteiger partial charge in [0.05, 0.1) is 6.10 Å². The summed E-state index contributed by atoms with van der Waals surface area (Å²) in [5.74, 6) is 0. The molecule has 1 aliphatic rings. The lowest BCUT2D eigenvalue weighted by molar-refractivity contribution is -0.0186.